The number of fused-ring (bicyclic) bond motifs is 3. The molecule has 1 heterocycles. The summed E-state index contributed by atoms with van der Waals surface area (Å²) in [6.45, 7) is 4.63. The highest BCUT2D eigenvalue weighted by atomic mass is 28.3. The fourth-order valence-corrected chi connectivity index (χ4v) is 13.6. The Morgan fingerprint density at radius 3 is 2.40 bits per heavy atom. The van der Waals surface area contributed by atoms with E-state index in [1.54, 1.807) is 10.8 Å². The maximum atomic E-state index is 5.80. The molecule has 3 aromatic rings. The fourth-order valence-electron chi connectivity index (χ4n) is 8.18. The number of nitrogens with zero attached hydrogens (tertiary/aromatic N) is 1. The lowest BCUT2D eigenvalue weighted by molar-refractivity contribution is 0.236. The van der Waals surface area contributed by atoms with Gasteiger partial charge in [-0.25, -0.2) is 0 Å². The molecule has 0 saturated heterocycles. The van der Waals surface area contributed by atoms with E-state index in [4.69, 9.17) is 4.74 Å². The van der Waals surface area contributed by atoms with Crippen LogP contribution in [0.15, 0.2) is 102 Å². The summed E-state index contributed by atoms with van der Waals surface area (Å²) in [6, 6.07) is 21.4. The van der Waals surface area contributed by atoms with Crippen molar-refractivity contribution >= 4 is 30.6 Å². The van der Waals surface area contributed by atoms with Gasteiger partial charge in [0.05, 0.1) is 18.9 Å². The predicted molar refractivity (Wildman–Crippen MR) is 180 cm³/mol. The van der Waals surface area contributed by atoms with Gasteiger partial charge in [0.1, 0.15) is 0 Å². The van der Waals surface area contributed by atoms with E-state index in [2.05, 4.69) is 122 Å². The Labute approximate surface area is 252 Å². The number of hydrogen-bond donors (Lipinski definition) is 0. The Kier molecular flexibility index (Phi) is 7.31. The van der Waals surface area contributed by atoms with Gasteiger partial charge in [-0.15, -0.1) is 0 Å². The van der Waals surface area contributed by atoms with E-state index in [1.807, 2.05) is 7.11 Å². The van der Waals surface area contributed by atoms with Crippen LogP contribution in [0.5, 0.6) is 0 Å². The molecule has 4 unspecified atom stereocenters. The molecule has 0 saturated carbocycles. The summed E-state index contributed by atoms with van der Waals surface area (Å²) in [5, 5.41) is 4.61. The van der Waals surface area contributed by atoms with Gasteiger partial charge in [-0.05, 0) is 90.6 Å². The number of allylic oxidation sites excluding steroid dienone is 8. The van der Waals surface area contributed by atoms with Gasteiger partial charge in [0, 0.05) is 17.8 Å². The maximum Gasteiger partial charge on any atom is 0.154 e. The first-order valence-electron chi connectivity index (χ1n) is 16.0. The summed E-state index contributed by atoms with van der Waals surface area (Å²) < 4.78 is 8.51. The first kappa shape index (κ1) is 27.3. The molecule has 0 N–H and O–H groups in total. The number of aryl methyl sites for hydroxylation is 1. The lowest BCUT2D eigenvalue weighted by atomic mass is 9.89. The smallest absolute Gasteiger partial charge is 0.154 e. The summed E-state index contributed by atoms with van der Waals surface area (Å²) >= 11 is 0. The third-order valence-corrected chi connectivity index (χ3v) is 15.6. The van der Waals surface area contributed by atoms with Crippen molar-refractivity contribution in [2.45, 2.75) is 70.4 Å². The Hall–Kier alpha value is -3.56. The zero-order valence-corrected chi connectivity index (χ0v) is 26.4. The minimum atomic E-state index is -2.42. The van der Waals surface area contributed by atoms with Gasteiger partial charge >= 0.3 is 0 Å². The summed E-state index contributed by atoms with van der Waals surface area (Å²) in [5.74, 6) is 1.73. The van der Waals surface area contributed by atoms with Crippen molar-refractivity contribution in [1.29, 1.82) is 0 Å². The van der Waals surface area contributed by atoms with E-state index in [9.17, 15) is 0 Å². The van der Waals surface area contributed by atoms with Gasteiger partial charge < -0.3 is 9.30 Å². The normalized spacial score (nSPS) is 24.3. The zero-order valence-electron chi connectivity index (χ0n) is 25.4. The Morgan fingerprint density at radius 1 is 0.857 bits per heavy atom. The molecule has 3 heteroatoms. The molecule has 42 heavy (non-hydrogen) atoms. The van der Waals surface area contributed by atoms with Crippen LogP contribution in [-0.4, -0.2) is 19.8 Å². The van der Waals surface area contributed by atoms with Crippen molar-refractivity contribution in [2.75, 3.05) is 7.11 Å². The molecule has 0 fully saturated rings. The van der Waals surface area contributed by atoms with Crippen LogP contribution in [-0.2, 0) is 17.6 Å². The number of benzene rings is 2. The van der Waals surface area contributed by atoms with E-state index in [0.29, 0.717) is 17.5 Å². The van der Waals surface area contributed by atoms with Crippen molar-refractivity contribution in [3.05, 3.63) is 130 Å². The molecule has 4 aliphatic rings. The maximum absolute atomic E-state index is 5.80. The molecule has 2 nitrogen and oxygen atoms in total. The first-order chi connectivity index (χ1) is 20.6. The van der Waals surface area contributed by atoms with E-state index in [0.717, 1.165) is 44.3 Å². The van der Waals surface area contributed by atoms with Crippen molar-refractivity contribution in [3.8, 4) is 0 Å². The molecule has 0 radical (unpaired) electrons. The Balaban J connectivity index is 1.44. The van der Waals surface area contributed by atoms with Crippen LogP contribution in [0.3, 0.4) is 0 Å². The lowest BCUT2D eigenvalue weighted by Crippen LogP contribution is -2.63. The number of methoxy groups -OCH3 is 1. The lowest BCUT2D eigenvalue weighted by Gasteiger charge is -2.42. The predicted octanol–water partition coefficient (Wildman–Crippen LogP) is 8.28. The second-order valence-corrected chi connectivity index (χ2v) is 16.8. The van der Waals surface area contributed by atoms with E-state index >= 15 is 0 Å². The van der Waals surface area contributed by atoms with Crippen LogP contribution >= 0.6 is 0 Å². The number of aromatic nitrogens is 1. The van der Waals surface area contributed by atoms with E-state index < -0.39 is 8.07 Å². The summed E-state index contributed by atoms with van der Waals surface area (Å²) in [5.41, 5.74) is 7.75. The van der Waals surface area contributed by atoms with Crippen LogP contribution in [0.25, 0.3) is 12.2 Å². The molecule has 0 amide bonds. The summed E-state index contributed by atoms with van der Waals surface area (Å²) in [7, 11) is -0.588. The van der Waals surface area contributed by atoms with Crippen molar-refractivity contribution in [1.82, 2.24) is 4.57 Å². The monoisotopic (exact) mass is 569 g/mol. The van der Waals surface area contributed by atoms with Gasteiger partial charge in [0.15, 0.2) is 8.07 Å². The van der Waals surface area contributed by atoms with Crippen LogP contribution in [0.1, 0.15) is 73.1 Å². The molecule has 7 rings (SSSR count). The molecule has 0 aliphatic heterocycles. The van der Waals surface area contributed by atoms with Crippen LogP contribution < -0.4 is 10.4 Å². The van der Waals surface area contributed by atoms with Crippen LogP contribution in [0.4, 0.5) is 0 Å². The molecule has 1 aromatic heterocycles. The van der Waals surface area contributed by atoms with Crippen molar-refractivity contribution in [3.63, 3.8) is 0 Å². The highest BCUT2D eigenvalue weighted by molar-refractivity contribution is 7.09. The molecule has 4 atom stereocenters. The SMILES string of the molecule is COC1=CC(n2c3c(c4c2CCC=C4)CC([Si](C2=CCCC=C2)(c2ccccc2)c2ccc(C)cc2)C=C3)C(C)CC1. The number of rotatable bonds is 6. The number of hydrogen-bond acceptors (Lipinski definition) is 1. The van der Waals surface area contributed by atoms with Gasteiger partial charge in [0.25, 0.3) is 0 Å². The Morgan fingerprint density at radius 2 is 1.64 bits per heavy atom. The van der Waals surface area contributed by atoms with Gasteiger partial charge in [0.2, 0.25) is 0 Å². The third kappa shape index (κ3) is 4.45. The van der Waals surface area contributed by atoms with Crippen molar-refractivity contribution in [2.24, 2.45) is 5.92 Å². The standard InChI is InChI=1S/C39H43NOSi/c1-28-18-22-33(23-19-28)42(31-12-6-4-7-13-31,32-14-8-5-9-15-32)34-24-25-38-36(27-34)35-16-10-11-17-37(35)40(38)39-26-30(41-3)21-20-29(39)2/h4,6-8,10,12-16,18-19,22-26,29,34,39H,5,9,11,17,20-21,27H2,1-3H3. The van der Waals surface area contributed by atoms with Gasteiger partial charge in [-0.2, -0.15) is 0 Å². The molecular weight excluding hydrogens is 527 g/mol. The fraction of sp³-hybridized carbons (Fsp3) is 0.333. The molecule has 2 aromatic carbocycles. The highest BCUT2D eigenvalue weighted by Gasteiger charge is 2.48. The average Bonchev–Trinajstić information content (AvgIpc) is 3.37. The minimum Gasteiger partial charge on any atom is -0.501 e. The highest BCUT2D eigenvalue weighted by Crippen LogP contribution is 2.46. The molecular formula is C39H43NOSi. The number of ether oxygens (including phenoxy) is 1. The average molecular weight is 570 g/mol. The molecule has 0 bridgehead atoms. The second-order valence-electron chi connectivity index (χ2n) is 12.7. The Bertz CT molecular complexity index is 1620. The zero-order chi connectivity index (χ0) is 28.7. The summed E-state index contributed by atoms with van der Waals surface area (Å²) in [4.78, 5) is 0. The first-order valence-corrected chi connectivity index (χ1v) is 18.0. The topological polar surface area (TPSA) is 14.2 Å². The minimum absolute atomic E-state index is 0.344. The molecule has 4 aliphatic carbocycles. The summed E-state index contributed by atoms with van der Waals surface area (Å²) in [6.07, 6.45) is 27.6. The van der Waals surface area contributed by atoms with Crippen molar-refractivity contribution < 1.29 is 4.74 Å². The largest absolute Gasteiger partial charge is 0.501 e. The third-order valence-electron chi connectivity index (χ3n) is 10.3. The van der Waals surface area contributed by atoms with E-state index in [-0.39, 0.29) is 0 Å². The quantitative estimate of drug-likeness (QED) is 0.273. The van der Waals surface area contributed by atoms with Crippen LogP contribution in [0, 0.1) is 12.8 Å². The molecule has 214 valence electrons. The van der Waals surface area contributed by atoms with Crippen LogP contribution in [0.2, 0.25) is 5.54 Å². The van der Waals surface area contributed by atoms with Gasteiger partial charge in [-0.1, -0.05) is 109 Å². The molecule has 0 spiro atoms. The second kappa shape index (κ2) is 11.3. The van der Waals surface area contributed by atoms with E-state index in [1.165, 1.54) is 39.3 Å². The van der Waals surface area contributed by atoms with Gasteiger partial charge in [-0.3, -0.25) is 0 Å².